The van der Waals surface area contributed by atoms with Crippen molar-refractivity contribution >= 4 is 21.1 Å². The molecule has 0 fully saturated rings. The normalized spacial score (nSPS) is 7.40. The first-order valence-corrected chi connectivity index (χ1v) is 4.44. The molecule has 0 aliphatic carbocycles. The maximum absolute atomic E-state index is 9.57. The van der Waals surface area contributed by atoms with Crippen molar-refractivity contribution in [1.82, 2.24) is 0 Å². The fraction of sp³-hybridized carbons (Fsp3) is 1.00. The first kappa shape index (κ1) is 5.56. The van der Waals surface area contributed by atoms with Crippen molar-refractivity contribution in [3.8, 4) is 0 Å². The van der Waals surface area contributed by atoms with Gasteiger partial charge in [-0.3, -0.25) is 0 Å². The van der Waals surface area contributed by atoms with E-state index in [1.54, 1.807) is 7.11 Å². The van der Waals surface area contributed by atoms with Gasteiger partial charge in [0.05, 0.1) is 0 Å². The van der Waals surface area contributed by atoms with Crippen molar-refractivity contribution in [3.63, 3.8) is 0 Å². The first-order chi connectivity index (χ1) is 2.41. The molecule has 0 N–H and O–H groups in total. The molecule has 0 bridgehead atoms. The van der Waals surface area contributed by atoms with E-state index in [2.05, 4.69) is 4.74 Å². The third-order valence-corrected chi connectivity index (χ3v) is 1.36. The molecule has 0 rings (SSSR count). The van der Waals surface area contributed by atoms with Gasteiger partial charge in [-0.05, 0) is 0 Å². The number of hydrogen-bond donors (Lipinski definition) is 0. The van der Waals surface area contributed by atoms with E-state index in [-0.39, 0.29) is 0 Å². The van der Waals surface area contributed by atoms with Gasteiger partial charge in [-0.15, -0.1) is 0 Å². The summed E-state index contributed by atoms with van der Waals surface area (Å²) in [5.41, 5.74) is 0. The van der Waals surface area contributed by atoms with Gasteiger partial charge >= 0.3 is 40.7 Å². The van der Waals surface area contributed by atoms with Crippen molar-refractivity contribution in [2.75, 3.05) is 11.7 Å². The minimum absolute atomic E-state index is 0.503. The van der Waals surface area contributed by atoms with E-state index in [1.165, 1.54) is 0 Å². The minimum atomic E-state index is -1.27. The molecule has 0 amide bonds. The van der Waals surface area contributed by atoms with Crippen LogP contribution in [-0.4, -0.2) is 32.9 Å². The molecule has 0 aromatic rings. The van der Waals surface area contributed by atoms with E-state index in [0.717, 1.165) is 0 Å². The average Bonchev–Trinajstić information content (AvgIpc) is 1.41. The summed E-state index contributed by atoms with van der Waals surface area (Å²) in [5.74, 6) is 0. The molecule has 0 heterocycles. The van der Waals surface area contributed by atoms with Crippen molar-refractivity contribution in [3.05, 3.63) is 0 Å². The van der Waals surface area contributed by atoms with Crippen molar-refractivity contribution in [1.29, 1.82) is 0 Å². The SMILES string of the molecule is CO[CH2][Sn]=[O]. The summed E-state index contributed by atoms with van der Waals surface area (Å²) >= 11 is -1.27. The van der Waals surface area contributed by atoms with E-state index in [4.69, 9.17) is 0 Å². The van der Waals surface area contributed by atoms with Crippen LogP contribution in [0.15, 0.2) is 0 Å². The molecule has 0 unspecified atom stereocenters. The Balaban J connectivity index is 2.40. The topological polar surface area (TPSA) is 26.3 Å². The summed E-state index contributed by atoms with van der Waals surface area (Å²) < 4.78 is 14.5. The Morgan fingerprint density at radius 3 is 2.60 bits per heavy atom. The van der Waals surface area contributed by atoms with Crippen molar-refractivity contribution in [2.24, 2.45) is 0 Å². The Bertz CT molecular complexity index is 28.8. The fourth-order valence-corrected chi connectivity index (χ4v) is 0.395. The second-order valence-electron chi connectivity index (χ2n) is 0.577. The molecular weight excluding hydrogens is 175 g/mol. The maximum atomic E-state index is 9.57. The molecule has 0 atom stereocenters. The van der Waals surface area contributed by atoms with Crippen LogP contribution in [0.4, 0.5) is 0 Å². The molecule has 0 aromatic carbocycles. The number of ether oxygens (including phenoxy) is 1. The molecule has 3 heteroatoms. The summed E-state index contributed by atoms with van der Waals surface area (Å²) in [5, 5.41) is 0. The van der Waals surface area contributed by atoms with Gasteiger partial charge in [-0.1, -0.05) is 0 Å². The zero-order valence-electron chi connectivity index (χ0n) is 3.02. The monoisotopic (exact) mass is 181 g/mol. The van der Waals surface area contributed by atoms with Gasteiger partial charge in [-0.25, -0.2) is 0 Å². The predicted molar refractivity (Wildman–Crippen MR) is 18.3 cm³/mol. The van der Waals surface area contributed by atoms with Crippen LogP contribution in [0.5, 0.6) is 0 Å². The molecule has 0 saturated heterocycles. The Morgan fingerprint density at radius 1 is 2.00 bits per heavy atom. The third kappa shape index (κ3) is 4.56. The molecule has 0 saturated carbocycles. The quantitative estimate of drug-likeness (QED) is 0.542. The molecule has 29 valence electrons. The molecule has 0 spiro atoms. The van der Waals surface area contributed by atoms with Gasteiger partial charge in [0.2, 0.25) is 0 Å². The summed E-state index contributed by atoms with van der Waals surface area (Å²) in [6.45, 7) is 0. The molecule has 0 aliphatic heterocycles. The Kier molecular flexibility index (Phi) is 5.07. The average molecular weight is 180 g/mol. The molecule has 0 aliphatic rings. The van der Waals surface area contributed by atoms with Gasteiger partial charge in [0.1, 0.15) is 0 Å². The summed E-state index contributed by atoms with van der Waals surface area (Å²) in [4.78, 5) is 0. The number of rotatable bonds is 2. The first-order valence-electron chi connectivity index (χ1n) is 1.25. The molecule has 2 nitrogen and oxygen atoms in total. The molecule has 1 radical (unpaired) electrons. The number of methoxy groups -OCH3 is 1. The zero-order valence-corrected chi connectivity index (χ0v) is 5.88. The van der Waals surface area contributed by atoms with Crippen LogP contribution in [0.1, 0.15) is 0 Å². The zero-order chi connectivity index (χ0) is 4.12. The van der Waals surface area contributed by atoms with E-state index in [0.29, 0.717) is 4.62 Å². The van der Waals surface area contributed by atoms with Crippen LogP contribution < -0.4 is 0 Å². The summed E-state index contributed by atoms with van der Waals surface area (Å²) in [6, 6.07) is 0. The number of hydrogen-bond acceptors (Lipinski definition) is 2. The van der Waals surface area contributed by atoms with Gasteiger partial charge in [0.15, 0.2) is 0 Å². The Morgan fingerprint density at radius 2 is 2.60 bits per heavy atom. The Hall–Kier alpha value is 0.559. The van der Waals surface area contributed by atoms with Crippen LogP contribution >= 0.6 is 0 Å². The van der Waals surface area contributed by atoms with Gasteiger partial charge < -0.3 is 0 Å². The van der Waals surface area contributed by atoms with E-state index in [1.807, 2.05) is 0 Å². The standard InChI is InChI=1S/C2H5O.O.Sn/c1-3-2;;/h1H2,2H3;;. The van der Waals surface area contributed by atoms with Crippen LogP contribution in [0.3, 0.4) is 0 Å². The van der Waals surface area contributed by atoms with Crippen molar-refractivity contribution in [2.45, 2.75) is 0 Å². The van der Waals surface area contributed by atoms with Gasteiger partial charge in [-0.2, -0.15) is 0 Å². The van der Waals surface area contributed by atoms with Crippen LogP contribution in [-0.2, 0) is 7.81 Å². The van der Waals surface area contributed by atoms with Gasteiger partial charge in [0, 0.05) is 0 Å². The van der Waals surface area contributed by atoms with Crippen LogP contribution in [0.2, 0.25) is 0 Å². The predicted octanol–water partition coefficient (Wildman–Crippen LogP) is -0.360. The molecular formula is C2H5O2Sn. The Labute approximate surface area is 41.1 Å². The summed E-state index contributed by atoms with van der Waals surface area (Å²) in [7, 11) is 1.55. The second-order valence-corrected chi connectivity index (χ2v) is 2.23. The van der Waals surface area contributed by atoms with E-state index >= 15 is 0 Å². The van der Waals surface area contributed by atoms with E-state index < -0.39 is 21.1 Å². The van der Waals surface area contributed by atoms with Gasteiger partial charge in [0.25, 0.3) is 0 Å². The molecule has 0 aromatic heterocycles. The fourth-order valence-electron chi connectivity index (χ4n) is 0.0589. The third-order valence-electron chi connectivity index (χ3n) is 0.203. The van der Waals surface area contributed by atoms with E-state index in [9.17, 15) is 3.08 Å². The summed E-state index contributed by atoms with van der Waals surface area (Å²) in [6.07, 6.45) is 0. The van der Waals surface area contributed by atoms with Crippen LogP contribution in [0.25, 0.3) is 0 Å². The molecule has 5 heavy (non-hydrogen) atoms. The van der Waals surface area contributed by atoms with Crippen molar-refractivity contribution < 1.29 is 7.81 Å². The van der Waals surface area contributed by atoms with Crippen LogP contribution in [0, 0.1) is 0 Å². The second kappa shape index (κ2) is 4.56.